The highest BCUT2D eigenvalue weighted by Crippen LogP contribution is 2.39. The van der Waals surface area contributed by atoms with Gasteiger partial charge in [-0.25, -0.2) is 4.79 Å². The third kappa shape index (κ3) is 4.78. The Balaban J connectivity index is 1.71. The first-order chi connectivity index (χ1) is 15.3. The van der Waals surface area contributed by atoms with Gasteiger partial charge in [-0.2, -0.15) is 0 Å². The summed E-state index contributed by atoms with van der Waals surface area (Å²) in [6, 6.07) is 14.6. The molecule has 1 saturated carbocycles. The van der Waals surface area contributed by atoms with Crippen LogP contribution in [0.15, 0.2) is 48.5 Å². The Labute approximate surface area is 195 Å². The number of halogens is 1. The molecule has 0 bridgehead atoms. The molecule has 170 valence electrons. The summed E-state index contributed by atoms with van der Waals surface area (Å²) < 4.78 is 6.15. The predicted molar refractivity (Wildman–Crippen MR) is 127 cm³/mol. The van der Waals surface area contributed by atoms with Crippen LogP contribution < -0.4 is 5.32 Å². The monoisotopic (exact) mass is 454 g/mol. The highest BCUT2D eigenvalue weighted by atomic mass is 35.5. The first-order valence-electron chi connectivity index (χ1n) is 11.4. The van der Waals surface area contributed by atoms with E-state index >= 15 is 0 Å². The number of amides is 2. The van der Waals surface area contributed by atoms with Crippen LogP contribution in [0.25, 0.3) is 0 Å². The number of carbonyl (C=O) groups is 2. The topological polar surface area (TPSA) is 58.6 Å². The van der Waals surface area contributed by atoms with Crippen LogP contribution >= 0.6 is 11.6 Å². The number of nitrogens with one attached hydrogen (secondary N) is 1. The summed E-state index contributed by atoms with van der Waals surface area (Å²) in [6.45, 7) is 6.50. The molecular weight excluding hydrogens is 424 g/mol. The highest BCUT2D eigenvalue weighted by molar-refractivity contribution is 6.30. The van der Waals surface area contributed by atoms with Gasteiger partial charge in [0, 0.05) is 16.3 Å². The fourth-order valence-electron chi connectivity index (χ4n) is 5.09. The Morgan fingerprint density at radius 3 is 2.62 bits per heavy atom. The Bertz CT molecular complexity index is 978. The van der Waals surface area contributed by atoms with E-state index < -0.39 is 12.1 Å². The lowest BCUT2D eigenvalue weighted by Gasteiger charge is -2.38. The van der Waals surface area contributed by atoms with E-state index in [0.717, 1.165) is 30.4 Å². The van der Waals surface area contributed by atoms with Crippen molar-refractivity contribution >= 4 is 29.3 Å². The maximum absolute atomic E-state index is 13.6. The van der Waals surface area contributed by atoms with E-state index in [9.17, 15) is 9.59 Å². The van der Waals surface area contributed by atoms with Crippen LogP contribution in [0.4, 0.5) is 10.5 Å². The Kier molecular flexibility index (Phi) is 6.75. The van der Waals surface area contributed by atoms with E-state index in [2.05, 4.69) is 26.1 Å². The van der Waals surface area contributed by atoms with Gasteiger partial charge in [0.05, 0.1) is 6.04 Å². The van der Waals surface area contributed by atoms with Gasteiger partial charge < -0.3 is 10.1 Å². The van der Waals surface area contributed by atoms with Gasteiger partial charge >= 0.3 is 6.09 Å². The lowest BCUT2D eigenvalue weighted by atomic mass is 9.75. The van der Waals surface area contributed by atoms with Gasteiger partial charge in [-0.15, -0.1) is 0 Å². The second-order valence-electron chi connectivity index (χ2n) is 9.47. The van der Waals surface area contributed by atoms with E-state index in [1.807, 2.05) is 36.4 Å². The van der Waals surface area contributed by atoms with E-state index in [4.69, 9.17) is 16.3 Å². The molecule has 1 aliphatic heterocycles. The number of anilines is 1. The number of nitrogens with zero attached hydrogens (tertiary/aromatic N) is 1. The molecule has 1 aliphatic carbocycles. The second-order valence-corrected chi connectivity index (χ2v) is 9.91. The maximum Gasteiger partial charge on any atom is 0.411 e. The SMILES string of the molecule is CC1CCC(C(C)C)C(OC(=O)N2CC(=O)Nc3ccc(Cl)cc3C2c2ccccc2)C1. The summed E-state index contributed by atoms with van der Waals surface area (Å²) in [4.78, 5) is 27.9. The van der Waals surface area contributed by atoms with Crippen LogP contribution in [0.2, 0.25) is 5.02 Å². The van der Waals surface area contributed by atoms with Gasteiger partial charge in [0.15, 0.2) is 0 Å². The average molecular weight is 455 g/mol. The molecule has 0 spiro atoms. The second kappa shape index (κ2) is 9.53. The largest absolute Gasteiger partial charge is 0.446 e. The highest BCUT2D eigenvalue weighted by Gasteiger charge is 2.38. The van der Waals surface area contributed by atoms with Gasteiger partial charge in [0.2, 0.25) is 5.91 Å². The molecule has 0 radical (unpaired) electrons. The van der Waals surface area contributed by atoms with Crippen molar-refractivity contribution < 1.29 is 14.3 Å². The third-order valence-electron chi connectivity index (χ3n) is 6.77. The maximum atomic E-state index is 13.6. The number of ether oxygens (including phenoxy) is 1. The molecule has 4 rings (SSSR count). The Morgan fingerprint density at radius 1 is 1.16 bits per heavy atom. The minimum atomic E-state index is -0.477. The molecule has 2 amide bonds. The Morgan fingerprint density at radius 2 is 1.91 bits per heavy atom. The quantitative estimate of drug-likeness (QED) is 0.593. The average Bonchev–Trinajstić information content (AvgIpc) is 2.90. The van der Waals surface area contributed by atoms with Crippen LogP contribution in [-0.4, -0.2) is 29.5 Å². The predicted octanol–water partition coefficient (Wildman–Crippen LogP) is 6.28. The molecule has 0 saturated heterocycles. The van der Waals surface area contributed by atoms with Crippen molar-refractivity contribution in [2.45, 2.75) is 52.2 Å². The Hall–Kier alpha value is -2.53. The summed E-state index contributed by atoms with van der Waals surface area (Å²) in [5, 5.41) is 3.48. The van der Waals surface area contributed by atoms with Gasteiger partial charge in [0.25, 0.3) is 0 Å². The van der Waals surface area contributed by atoms with Crippen molar-refractivity contribution in [3.8, 4) is 0 Å². The first-order valence-corrected chi connectivity index (χ1v) is 11.8. The van der Waals surface area contributed by atoms with E-state index in [-0.39, 0.29) is 18.6 Å². The number of benzene rings is 2. The summed E-state index contributed by atoms with van der Waals surface area (Å²) in [6.07, 6.45) is 2.46. The molecule has 4 unspecified atom stereocenters. The molecule has 5 nitrogen and oxygen atoms in total. The normalized spacial score (nSPS) is 25.7. The van der Waals surface area contributed by atoms with Crippen LogP contribution in [0.3, 0.4) is 0 Å². The standard InChI is InChI=1S/C26H31ClN2O3/c1-16(2)20-11-9-17(3)13-23(20)32-26(31)29-15-24(30)28-22-12-10-19(27)14-21(22)25(29)18-7-5-4-6-8-18/h4-8,10,12,14,16-17,20,23,25H,9,11,13,15H2,1-3H3,(H,28,30). The van der Waals surface area contributed by atoms with Crippen molar-refractivity contribution in [2.24, 2.45) is 17.8 Å². The zero-order valence-corrected chi connectivity index (χ0v) is 19.6. The minimum absolute atomic E-state index is 0.0840. The zero-order chi connectivity index (χ0) is 22.8. The van der Waals surface area contributed by atoms with E-state index in [1.54, 1.807) is 17.0 Å². The van der Waals surface area contributed by atoms with Gasteiger partial charge in [0.1, 0.15) is 12.6 Å². The fourth-order valence-corrected chi connectivity index (χ4v) is 5.27. The van der Waals surface area contributed by atoms with Crippen LogP contribution in [0, 0.1) is 17.8 Å². The van der Waals surface area contributed by atoms with E-state index in [0.29, 0.717) is 28.5 Å². The molecule has 32 heavy (non-hydrogen) atoms. The molecule has 2 aromatic rings. The van der Waals surface area contributed by atoms with E-state index in [1.165, 1.54) is 0 Å². The number of rotatable bonds is 3. The first kappa shape index (κ1) is 22.7. The fraction of sp³-hybridized carbons (Fsp3) is 0.462. The van der Waals surface area contributed by atoms with Crippen molar-refractivity contribution in [1.82, 2.24) is 4.90 Å². The van der Waals surface area contributed by atoms with Crippen LogP contribution in [-0.2, 0) is 9.53 Å². The molecule has 1 heterocycles. The number of fused-ring (bicyclic) bond motifs is 1. The molecule has 6 heteroatoms. The molecule has 1 N–H and O–H groups in total. The molecule has 0 aromatic heterocycles. The molecule has 2 aromatic carbocycles. The lowest BCUT2D eigenvalue weighted by Crippen LogP contribution is -2.44. The van der Waals surface area contributed by atoms with Crippen LogP contribution in [0.1, 0.15) is 57.2 Å². The third-order valence-corrected chi connectivity index (χ3v) is 7.01. The van der Waals surface area contributed by atoms with Crippen molar-refractivity contribution in [3.05, 3.63) is 64.7 Å². The summed E-state index contributed by atoms with van der Waals surface area (Å²) in [7, 11) is 0. The van der Waals surface area contributed by atoms with Crippen molar-refractivity contribution in [3.63, 3.8) is 0 Å². The van der Waals surface area contributed by atoms with Crippen LogP contribution in [0.5, 0.6) is 0 Å². The number of hydrogen-bond acceptors (Lipinski definition) is 3. The number of hydrogen-bond donors (Lipinski definition) is 1. The zero-order valence-electron chi connectivity index (χ0n) is 18.9. The van der Waals surface area contributed by atoms with Gasteiger partial charge in [-0.05, 0) is 54.4 Å². The summed E-state index contributed by atoms with van der Waals surface area (Å²) >= 11 is 6.32. The molecule has 4 atom stereocenters. The lowest BCUT2D eigenvalue weighted by molar-refractivity contribution is -0.117. The van der Waals surface area contributed by atoms with Crippen molar-refractivity contribution in [1.29, 1.82) is 0 Å². The summed E-state index contributed by atoms with van der Waals surface area (Å²) in [5.74, 6) is 1.02. The molecule has 2 aliphatic rings. The molecule has 1 fully saturated rings. The number of carbonyl (C=O) groups excluding carboxylic acids is 2. The van der Waals surface area contributed by atoms with Crippen molar-refractivity contribution in [2.75, 3.05) is 11.9 Å². The smallest absolute Gasteiger partial charge is 0.411 e. The van der Waals surface area contributed by atoms with Gasteiger partial charge in [-0.3, -0.25) is 9.69 Å². The van der Waals surface area contributed by atoms with Gasteiger partial charge in [-0.1, -0.05) is 69.1 Å². The summed E-state index contributed by atoms with van der Waals surface area (Å²) in [5.41, 5.74) is 2.35. The minimum Gasteiger partial charge on any atom is -0.446 e. The molecular formula is C26H31ClN2O3.